The molecule has 2 rings (SSSR count). The maximum absolute atomic E-state index is 5.79. The smallest absolute Gasteiger partial charge is 0.0223 e. The standard InChI is InChI=1S/C15H27ClN2/c1-13(10-16)11-18-9-5-8-17-15(12-18)14-6-3-2-4-7-14/h10,14-15,17H,2-9,11-12H2,1H3. The summed E-state index contributed by atoms with van der Waals surface area (Å²) in [5.74, 6) is 0.902. The first-order chi connectivity index (χ1) is 8.79. The minimum absolute atomic E-state index is 0.705. The fraction of sp³-hybridized carbons (Fsp3) is 0.867. The van der Waals surface area contributed by atoms with Gasteiger partial charge < -0.3 is 5.32 Å². The topological polar surface area (TPSA) is 15.3 Å². The summed E-state index contributed by atoms with van der Waals surface area (Å²) in [5, 5.41) is 3.78. The van der Waals surface area contributed by atoms with E-state index < -0.39 is 0 Å². The highest BCUT2D eigenvalue weighted by Gasteiger charge is 2.26. The Balaban J connectivity index is 1.89. The molecule has 18 heavy (non-hydrogen) atoms. The van der Waals surface area contributed by atoms with Crippen LogP contribution in [-0.2, 0) is 0 Å². The molecule has 0 aromatic rings. The summed E-state index contributed by atoms with van der Waals surface area (Å²) in [6.45, 7) is 6.75. The van der Waals surface area contributed by atoms with Crippen LogP contribution in [0.3, 0.4) is 0 Å². The normalized spacial score (nSPS) is 29.2. The van der Waals surface area contributed by atoms with Gasteiger partial charge in [-0.05, 0) is 50.8 Å². The maximum atomic E-state index is 5.79. The molecule has 2 fully saturated rings. The molecule has 1 aliphatic heterocycles. The molecule has 1 saturated heterocycles. The van der Waals surface area contributed by atoms with E-state index in [0.717, 1.165) is 12.5 Å². The number of halogens is 1. The predicted molar refractivity (Wildman–Crippen MR) is 79.0 cm³/mol. The zero-order chi connectivity index (χ0) is 12.8. The van der Waals surface area contributed by atoms with Gasteiger partial charge in [0.2, 0.25) is 0 Å². The monoisotopic (exact) mass is 270 g/mol. The number of hydrogen-bond acceptors (Lipinski definition) is 2. The van der Waals surface area contributed by atoms with Crippen LogP contribution in [0.1, 0.15) is 45.4 Å². The minimum Gasteiger partial charge on any atom is -0.312 e. The maximum Gasteiger partial charge on any atom is 0.0223 e. The fourth-order valence-corrected chi connectivity index (χ4v) is 3.48. The largest absolute Gasteiger partial charge is 0.312 e. The van der Waals surface area contributed by atoms with Crippen LogP contribution in [-0.4, -0.2) is 37.1 Å². The summed E-state index contributed by atoms with van der Waals surface area (Å²) in [7, 11) is 0. The van der Waals surface area contributed by atoms with Gasteiger partial charge in [0.05, 0.1) is 0 Å². The van der Waals surface area contributed by atoms with Gasteiger partial charge >= 0.3 is 0 Å². The Labute approximate surface area is 117 Å². The van der Waals surface area contributed by atoms with E-state index in [9.17, 15) is 0 Å². The summed E-state index contributed by atoms with van der Waals surface area (Å²) >= 11 is 5.79. The average Bonchev–Trinajstić information content (AvgIpc) is 2.65. The lowest BCUT2D eigenvalue weighted by Gasteiger charge is -2.33. The van der Waals surface area contributed by atoms with E-state index >= 15 is 0 Å². The summed E-state index contributed by atoms with van der Waals surface area (Å²) in [5.41, 5.74) is 3.01. The first-order valence-corrected chi connectivity index (χ1v) is 7.95. The van der Waals surface area contributed by atoms with Crippen LogP contribution in [0.25, 0.3) is 0 Å². The molecule has 1 heterocycles. The van der Waals surface area contributed by atoms with Crippen molar-refractivity contribution in [1.82, 2.24) is 10.2 Å². The minimum atomic E-state index is 0.705. The Morgan fingerprint density at radius 3 is 2.78 bits per heavy atom. The zero-order valence-corrected chi connectivity index (χ0v) is 12.4. The average molecular weight is 271 g/mol. The van der Waals surface area contributed by atoms with Crippen LogP contribution >= 0.6 is 11.6 Å². The summed E-state index contributed by atoms with van der Waals surface area (Å²) in [4.78, 5) is 2.58. The van der Waals surface area contributed by atoms with Crippen molar-refractivity contribution in [1.29, 1.82) is 0 Å². The molecule has 3 heteroatoms. The highest BCUT2D eigenvalue weighted by atomic mass is 35.5. The Morgan fingerprint density at radius 1 is 1.28 bits per heavy atom. The molecule has 1 unspecified atom stereocenters. The van der Waals surface area contributed by atoms with Crippen LogP contribution in [0, 0.1) is 5.92 Å². The highest BCUT2D eigenvalue weighted by molar-refractivity contribution is 6.25. The molecule has 2 aliphatic rings. The molecule has 0 bridgehead atoms. The molecule has 1 atom stereocenters. The van der Waals surface area contributed by atoms with Gasteiger partial charge in [-0.25, -0.2) is 0 Å². The van der Waals surface area contributed by atoms with E-state index in [0.29, 0.717) is 6.04 Å². The lowest BCUT2D eigenvalue weighted by molar-refractivity contribution is 0.215. The van der Waals surface area contributed by atoms with Gasteiger partial charge in [0.15, 0.2) is 0 Å². The summed E-state index contributed by atoms with van der Waals surface area (Å²) < 4.78 is 0. The van der Waals surface area contributed by atoms with Gasteiger partial charge in [-0.1, -0.05) is 30.9 Å². The Bertz CT molecular complexity index is 272. The molecule has 2 nitrogen and oxygen atoms in total. The number of nitrogens with zero attached hydrogens (tertiary/aromatic N) is 1. The van der Waals surface area contributed by atoms with E-state index in [1.54, 1.807) is 5.54 Å². The van der Waals surface area contributed by atoms with Gasteiger partial charge in [-0.2, -0.15) is 0 Å². The molecule has 104 valence electrons. The molecule has 0 radical (unpaired) electrons. The van der Waals surface area contributed by atoms with Crippen molar-refractivity contribution in [2.24, 2.45) is 5.92 Å². The van der Waals surface area contributed by atoms with Crippen LogP contribution in [0.4, 0.5) is 0 Å². The third kappa shape index (κ3) is 4.25. The van der Waals surface area contributed by atoms with Crippen LogP contribution < -0.4 is 5.32 Å². The van der Waals surface area contributed by atoms with Crippen molar-refractivity contribution in [3.8, 4) is 0 Å². The van der Waals surface area contributed by atoms with E-state index in [2.05, 4.69) is 17.1 Å². The van der Waals surface area contributed by atoms with Crippen molar-refractivity contribution < 1.29 is 0 Å². The van der Waals surface area contributed by atoms with Gasteiger partial charge in [0.1, 0.15) is 0 Å². The molecule has 0 spiro atoms. The van der Waals surface area contributed by atoms with Gasteiger partial charge in [0.25, 0.3) is 0 Å². The molecular formula is C15H27ClN2. The van der Waals surface area contributed by atoms with Gasteiger partial charge in [-0.3, -0.25) is 4.90 Å². The van der Waals surface area contributed by atoms with Gasteiger partial charge in [0, 0.05) is 24.7 Å². The quantitative estimate of drug-likeness (QED) is 0.846. The van der Waals surface area contributed by atoms with Crippen molar-refractivity contribution in [2.45, 2.75) is 51.5 Å². The predicted octanol–water partition coefficient (Wildman–Crippen LogP) is 3.37. The number of rotatable bonds is 3. The third-order valence-corrected chi connectivity index (χ3v) is 4.76. The molecule has 0 aromatic carbocycles. The highest BCUT2D eigenvalue weighted by Crippen LogP contribution is 2.27. The molecule has 1 saturated carbocycles. The molecule has 0 aromatic heterocycles. The molecule has 0 amide bonds. The number of nitrogens with one attached hydrogen (secondary N) is 1. The SMILES string of the molecule is CC(=CCl)CN1CCCNC(C2CCCCC2)C1. The summed E-state index contributed by atoms with van der Waals surface area (Å²) in [6, 6.07) is 0.705. The van der Waals surface area contributed by atoms with Crippen molar-refractivity contribution in [3.63, 3.8) is 0 Å². The summed E-state index contributed by atoms with van der Waals surface area (Å²) in [6.07, 6.45) is 8.43. The van der Waals surface area contributed by atoms with Crippen LogP contribution in [0.2, 0.25) is 0 Å². The lowest BCUT2D eigenvalue weighted by Crippen LogP contribution is -2.44. The van der Waals surface area contributed by atoms with E-state index in [1.807, 2.05) is 0 Å². The van der Waals surface area contributed by atoms with Crippen molar-refractivity contribution in [2.75, 3.05) is 26.2 Å². The Hall–Kier alpha value is -0.0500. The first-order valence-electron chi connectivity index (χ1n) is 7.51. The Kier molecular flexibility index (Phi) is 6.00. The first kappa shape index (κ1) is 14.4. The van der Waals surface area contributed by atoms with E-state index in [-0.39, 0.29) is 0 Å². The second-order valence-corrected chi connectivity index (χ2v) is 6.22. The van der Waals surface area contributed by atoms with Crippen LogP contribution in [0.5, 0.6) is 0 Å². The van der Waals surface area contributed by atoms with Crippen molar-refractivity contribution in [3.05, 3.63) is 11.1 Å². The van der Waals surface area contributed by atoms with E-state index in [1.165, 1.54) is 63.7 Å². The Morgan fingerprint density at radius 2 is 2.06 bits per heavy atom. The van der Waals surface area contributed by atoms with E-state index in [4.69, 9.17) is 11.6 Å². The lowest BCUT2D eigenvalue weighted by atomic mass is 9.83. The third-order valence-electron chi connectivity index (χ3n) is 4.39. The molecule has 1 aliphatic carbocycles. The zero-order valence-electron chi connectivity index (χ0n) is 11.6. The second-order valence-electron chi connectivity index (χ2n) is 6.00. The molecular weight excluding hydrogens is 244 g/mol. The second kappa shape index (κ2) is 7.52. The van der Waals surface area contributed by atoms with Crippen molar-refractivity contribution >= 4 is 11.6 Å². The fourth-order valence-electron chi connectivity index (χ4n) is 3.41. The van der Waals surface area contributed by atoms with Crippen LogP contribution in [0.15, 0.2) is 11.1 Å². The van der Waals surface area contributed by atoms with Gasteiger partial charge in [-0.15, -0.1) is 0 Å². The number of hydrogen-bond donors (Lipinski definition) is 1. The molecule has 1 N–H and O–H groups in total.